The summed E-state index contributed by atoms with van der Waals surface area (Å²) in [5, 5.41) is 12.5. The molecule has 0 saturated carbocycles. The van der Waals surface area contributed by atoms with Gasteiger partial charge in [-0.05, 0) is 62.6 Å². The average Bonchev–Trinajstić information content (AvgIpc) is 3.05. The summed E-state index contributed by atoms with van der Waals surface area (Å²) in [6, 6.07) is 13.2. The van der Waals surface area contributed by atoms with Crippen molar-refractivity contribution >= 4 is 28.9 Å². The van der Waals surface area contributed by atoms with E-state index in [0.29, 0.717) is 11.3 Å². The molecule has 0 fully saturated rings. The number of nitrogens with one attached hydrogen (secondary N) is 1. The lowest BCUT2D eigenvalue weighted by molar-refractivity contribution is -0.116. The van der Waals surface area contributed by atoms with Gasteiger partial charge in [0, 0.05) is 6.04 Å². The molecule has 6 nitrogen and oxygen atoms in total. The number of carbonyl (C=O) groups excluding carboxylic acids is 1. The number of aryl methyl sites for hydroxylation is 2. The largest absolute Gasteiger partial charge is 0.435 e. The summed E-state index contributed by atoms with van der Waals surface area (Å²) in [6.45, 7) is 4.32. The Kier molecular flexibility index (Phi) is 7.64. The first-order valence-electron chi connectivity index (χ1n) is 10.4. The van der Waals surface area contributed by atoms with E-state index in [1.165, 1.54) is 16.7 Å². The predicted octanol–water partition coefficient (Wildman–Crippen LogP) is 3.14. The summed E-state index contributed by atoms with van der Waals surface area (Å²) in [5.74, 6) is -0.573. The van der Waals surface area contributed by atoms with Gasteiger partial charge in [0.2, 0.25) is 0 Å². The Bertz CT molecular complexity index is 1410. The second kappa shape index (κ2) is 10.4. The molecule has 9 heteroatoms. The highest BCUT2D eigenvalue weighted by Gasteiger charge is 2.19. The lowest BCUT2D eigenvalue weighted by atomic mass is 10.1. The van der Waals surface area contributed by atoms with Crippen LogP contribution in [0.15, 0.2) is 47.3 Å². The molecule has 0 spiro atoms. The Morgan fingerprint density at radius 3 is 2.29 bits per heavy atom. The first-order valence-corrected chi connectivity index (χ1v) is 11.2. The maximum atomic E-state index is 13.5. The standard InChI is InChI=1S/C25H23F2N3O3S/c1-14(2)29-22(31)19(13-28)24-30(21-15(3)6-5-7-16(21)4)23(32)20(34-24)12-17-8-10-18(11-9-17)33-25(26)27/h5-12,14,25H,1-4H3,(H,29,31)/b20-12-,24-19-. The van der Waals surface area contributed by atoms with Crippen molar-refractivity contribution in [3.05, 3.63) is 78.7 Å². The third-order valence-corrected chi connectivity index (χ3v) is 5.95. The van der Waals surface area contributed by atoms with Crippen molar-refractivity contribution in [2.45, 2.75) is 40.3 Å². The van der Waals surface area contributed by atoms with E-state index in [4.69, 9.17) is 0 Å². The Hall–Kier alpha value is -3.77. The summed E-state index contributed by atoms with van der Waals surface area (Å²) >= 11 is 1.02. The predicted molar refractivity (Wildman–Crippen MR) is 128 cm³/mol. The molecular weight excluding hydrogens is 460 g/mol. The molecular formula is C25H23F2N3O3S. The van der Waals surface area contributed by atoms with Gasteiger partial charge in [-0.3, -0.25) is 14.2 Å². The van der Waals surface area contributed by atoms with E-state index in [-0.39, 0.29) is 26.6 Å². The molecule has 0 saturated heterocycles. The minimum Gasteiger partial charge on any atom is -0.435 e. The Balaban J connectivity index is 2.32. The van der Waals surface area contributed by atoms with Gasteiger partial charge in [0.15, 0.2) is 5.57 Å². The third kappa shape index (κ3) is 5.41. The van der Waals surface area contributed by atoms with Gasteiger partial charge in [-0.25, -0.2) is 0 Å². The van der Waals surface area contributed by atoms with Crippen LogP contribution in [0.3, 0.4) is 0 Å². The van der Waals surface area contributed by atoms with Crippen molar-refractivity contribution in [2.24, 2.45) is 0 Å². The fraction of sp³-hybridized carbons (Fsp3) is 0.240. The van der Waals surface area contributed by atoms with Crippen molar-refractivity contribution in [1.29, 1.82) is 5.26 Å². The molecule has 1 aromatic heterocycles. The van der Waals surface area contributed by atoms with Crippen molar-refractivity contribution in [3.8, 4) is 17.5 Å². The number of aromatic nitrogens is 1. The number of benzene rings is 2. The van der Waals surface area contributed by atoms with Gasteiger partial charge in [0.05, 0.1) is 10.2 Å². The zero-order chi connectivity index (χ0) is 25.0. The number of thiazole rings is 1. The molecule has 1 N–H and O–H groups in total. The Morgan fingerprint density at radius 1 is 1.15 bits per heavy atom. The maximum Gasteiger partial charge on any atom is 0.387 e. The molecule has 0 unspecified atom stereocenters. The van der Waals surface area contributed by atoms with Crippen LogP contribution in [0.25, 0.3) is 17.3 Å². The summed E-state index contributed by atoms with van der Waals surface area (Å²) < 4.78 is 31.1. The lowest BCUT2D eigenvalue weighted by Gasteiger charge is -2.11. The molecule has 0 aliphatic heterocycles. The number of nitriles is 1. The van der Waals surface area contributed by atoms with Crippen molar-refractivity contribution < 1.29 is 18.3 Å². The van der Waals surface area contributed by atoms with E-state index >= 15 is 0 Å². The fourth-order valence-corrected chi connectivity index (χ4v) is 4.53. The quantitative estimate of drug-likeness (QED) is 0.584. The second-order valence-electron chi connectivity index (χ2n) is 7.86. The summed E-state index contributed by atoms with van der Waals surface area (Å²) in [6.07, 6.45) is 1.59. The van der Waals surface area contributed by atoms with Crippen LogP contribution in [-0.4, -0.2) is 23.1 Å². The van der Waals surface area contributed by atoms with Crippen LogP contribution in [-0.2, 0) is 4.79 Å². The summed E-state index contributed by atoms with van der Waals surface area (Å²) in [4.78, 5) is 26.3. The molecule has 3 rings (SSSR count). The first-order chi connectivity index (χ1) is 16.1. The van der Waals surface area contributed by atoms with E-state index in [1.807, 2.05) is 38.1 Å². The summed E-state index contributed by atoms with van der Waals surface area (Å²) in [7, 11) is 0. The highest BCUT2D eigenvalue weighted by molar-refractivity contribution is 7.07. The number of amides is 1. The first kappa shape index (κ1) is 24.9. The molecule has 0 atom stereocenters. The third-order valence-electron chi connectivity index (χ3n) is 4.86. The lowest BCUT2D eigenvalue weighted by Crippen LogP contribution is -2.36. The topological polar surface area (TPSA) is 84.1 Å². The minimum absolute atomic E-state index is 0.00239. The molecule has 34 heavy (non-hydrogen) atoms. The van der Waals surface area contributed by atoms with E-state index in [0.717, 1.165) is 22.5 Å². The van der Waals surface area contributed by atoms with Gasteiger partial charge in [-0.2, -0.15) is 14.0 Å². The molecule has 0 aliphatic carbocycles. The normalized spacial score (nSPS) is 12.6. The van der Waals surface area contributed by atoms with Crippen LogP contribution in [0, 0.1) is 25.2 Å². The molecule has 176 valence electrons. The van der Waals surface area contributed by atoms with Gasteiger partial charge in [0.1, 0.15) is 16.5 Å². The van der Waals surface area contributed by atoms with Crippen molar-refractivity contribution in [3.63, 3.8) is 0 Å². The smallest absolute Gasteiger partial charge is 0.387 e. The number of ether oxygens (including phenoxy) is 1. The van der Waals surface area contributed by atoms with Crippen LogP contribution in [0.2, 0.25) is 0 Å². The number of rotatable bonds is 6. The van der Waals surface area contributed by atoms with Crippen LogP contribution < -0.4 is 24.8 Å². The van der Waals surface area contributed by atoms with Crippen LogP contribution in [0.4, 0.5) is 8.78 Å². The highest BCUT2D eigenvalue weighted by atomic mass is 32.1. The number of halogens is 2. The molecule has 1 heterocycles. The van der Waals surface area contributed by atoms with E-state index in [2.05, 4.69) is 10.1 Å². The number of para-hydroxylation sites is 1. The Labute approximate surface area is 199 Å². The van der Waals surface area contributed by atoms with E-state index < -0.39 is 18.1 Å². The maximum absolute atomic E-state index is 13.5. The van der Waals surface area contributed by atoms with Crippen LogP contribution >= 0.6 is 11.3 Å². The van der Waals surface area contributed by atoms with Gasteiger partial charge in [-0.15, -0.1) is 11.3 Å². The summed E-state index contributed by atoms with van der Waals surface area (Å²) in [5.41, 5.74) is 2.23. The van der Waals surface area contributed by atoms with E-state index in [9.17, 15) is 23.6 Å². The fourth-order valence-electron chi connectivity index (χ4n) is 3.44. The number of nitrogens with zero attached hydrogens (tertiary/aromatic N) is 2. The molecule has 0 radical (unpaired) electrons. The SMILES string of the molecule is Cc1cccc(C)c1-n1c(=O)/c(=C/c2ccc(OC(F)F)cc2)s/c1=C(/C#N)C(=O)NC(C)C. The second-order valence-corrected chi connectivity index (χ2v) is 8.89. The van der Waals surface area contributed by atoms with E-state index in [1.54, 1.807) is 32.1 Å². The number of carbonyl (C=O) groups is 1. The zero-order valence-corrected chi connectivity index (χ0v) is 19.9. The van der Waals surface area contributed by atoms with Crippen molar-refractivity contribution in [1.82, 2.24) is 9.88 Å². The van der Waals surface area contributed by atoms with Crippen LogP contribution in [0.1, 0.15) is 30.5 Å². The van der Waals surface area contributed by atoms with Gasteiger partial charge in [-0.1, -0.05) is 30.3 Å². The molecule has 2 aromatic carbocycles. The molecule has 1 amide bonds. The number of hydrogen-bond donors (Lipinski definition) is 1. The Morgan fingerprint density at radius 2 is 1.76 bits per heavy atom. The zero-order valence-electron chi connectivity index (χ0n) is 19.1. The van der Waals surface area contributed by atoms with Gasteiger partial charge < -0.3 is 10.1 Å². The van der Waals surface area contributed by atoms with Gasteiger partial charge in [0.25, 0.3) is 11.5 Å². The molecule has 0 aliphatic rings. The molecule has 3 aromatic rings. The highest BCUT2D eigenvalue weighted by Crippen LogP contribution is 2.17. The molecule has 0 bridgehead atoms. The monoisotopic (exact) mass is 483 g/mol. The number of hydrogen-bond acceptors (Lipinski definition) is 5. The van der Waals surface area contributed by atoms with Crippen LogP contribution in [0.5, 0.6) is 5.75 Å². The van der Waals surface area contributed by atoms with Gasteiger partial charge >= 0.3 is 6.61 Å². The van der Waals surface area contributed by atoms with Crippen molar-refractivity contribution in [2.75, 3.05) is 0 Å². The average molecular weight is 484 g/mol. The minimum atomic E-state index is -2.93. The number of alkyl halides is 2.